The molecule has 1 N–H and O–H groups in total. The Morgan fingerprint density at radius 3 is 3.10 bits per heavy atom. The average molecular weight is 143 g/mol. The third kappa shape index (κ3) is 2.37. The van der Waals surface area contributed by atoms with Crippen LogP contribution < -0.4 is 0 Å². The molecule has 1 heterocycles. The fraction of sp³-hybridized carbons (Fsp3) is 0.714. The molecule has 1 aliphatic rings. The standard InChI is InChI=1S/C7H13NO2/c1-8(9)5-7-3-2-4-10-6-7/h6,9H,2-5H2,1H3. The van der Waals surface area contributed by atoms with Crippen LogP contribution in [-0.2, 0) is 4.74 Å². The number of likely N-dealkylation sites (N-methyl/N-ethyl adjacent to an activating group) is 1. The fourth-order valence-corrected chi connectivity index (χ4v) is 1.03. The zero-order chi connectivity index (χ0) is 7.40. The Labute approximate surface area is 60.9 Å². The maximum atomic E-state index is 8.84. The number of nitrogens with zero attached hydrogens (tertiary/aromatic N) is 1. The van der Waals surface area contributed by atoms with E-state index in [0.29, 0.717) is 6.54 Å². The summed E-state index contributed by atoms with van der Waals surface area (Å²) in [5.74, 6) is 0. The summed E-state index contributed by atoms with van der Waals surface area (Å²) < 4.78 is 5.08. The lowest BCUT2D eigenvalue weighted by Gasteiger charge is -2.15. The highest BCUT2D eigenvalue weighted by Crippen LogP contribution is 2.11. The van der Waals surface area contributed by atoms with Gasteiger partial charge < -0.3 is 9.94 Å². The first kappa shape index (κ1) is 7.57. The molecule has 1 aliphatic heterocycles. The number of hydrogen-bond donors (Lipinski definition) is 1. The lowest BCUT2D eigenvalue weighted by Crippen LogP contribution is -2.17. The minimum Gasteiger partial charge on any atom is -0.501 e. The molecule has 0 unspecified atom stereocenters. The smallest absolute Gasteiger partial charge is 0.0876 e. The summed E-state index contributed by atoms with van der Waals surface area (Å²) in [5, 5.41) is 10.0. The number of ether oxygens (including phenoxy) is 1. The van der Waals surface area contributed by atoms with Gasteiger partial charge in [0.25, 0.3) is 0 Å². The van der Waals surface area contributed by atoms with Crippen molar-refractivity contribution >= 4 is 0 Å². The van der Waals surface area contributed by atoms with Crippen LogP contribution in [0, 0.1) is 0 Å². The minimum absolute atomic E-state index is 0.597. The van der Waals surface area contributed by atoms with E-state index in [1.165, 1.54) is 5.06 Å². The van der Waals surface area contributed by atoms with E-state index in [1.807, 2.05) is 0 Å². The van der Waals surface area contributed by atoms with Gasteiger partial charge in [0.1, 0.15) is 0 Å². The molecule has 0 atom stereocenters. The summed E-state index contributed by atoms with van der Waals surface area (Å²) in [4.78, 5) is 0. The quantitative estimate of drug-likeness (QED) is 0.585. The lowest BCUT2D eigenvalue weighted by molar-refractivity contribution is -0.0575. The molecular formula is C7H13NO2. The van der Waals surface area contributed by atoms with Crippen molar-refractivity contribution in [2.75, 3.05) is 20.2 Å². The second-order valence-corrected chi connectivity index (χ2v) is 2.57. The van der Waals surface area contributed by atoms with Crippen molar-refractivity contribution < 1.29 is 9.94 Å². The summed E-state index contributed by atoms with van der Waals surface area (Å²) in [5.41, 5.74) is 1.16. The third-order valence-corrected chi connectivity index (χ3v) is 1.44. The molecule has 3 heteroatoms. The predicted octanol–water partition coefficient (Wildman–Crippen LogP) is 1.00. The second kappa shape index (κ2) is 3.58. The monoisotopic (exact) mass is 143 g/mol. The van der Waals surface area contributed by atoms with Gasteiger partial charge in [0, 0.05) is 13.6 Å². The lowest BCUT2D eigenvalue weighted by atomic mass is 10.1. The van der Waals surface area contributed by atoms with Crippen LogP contribution in [0.4, 0.5) is 0 Å². The third-order valence-electron chi connectivity index (χ3n) is 1.44. The van der Waals surface area contributed by atoms with Gasteiger partial charge in [0.2, 0.25) is 0 Å². The van der Waals surface area contributed by atoms with Gasteiger partial charge in [-0.05, 0) is 18.4 Å². The molecular weight excluding hydrogens is 130 g/mol. The first-order valence-corrected chi connectivity index (χ1v) is 3.48. The molecule has 58 valence electrons. The summed E-state index contributed by atoms with van der Waals surface area (Å²) in [6.45, 7) is 1.42. The van der Waals surface area contributed by atoms with Gasteiger partial charge in [-0.3, -0.25) is 0 Å². The van der Waals surface area contributed by atoms with Crippen LogP contribution in [0.1, 0.15) is 12.8 Å². The van der Waals surface area contributed by atoms with Gasteiger partial charge in [-0.25, -0.2) is 0 Å². The molecule has 0 fully saturated rings. The molecule has 0 aliphatic carbocycles. The fourth-order valence-electron chi connectivity index (χ4n) is 1.03. The molecule has 0 amide bonds. The number of hydroxylamine groups is 2. The van der Waals surface area contributed by atoms with E-state index in [2.05, 4.69) is 0 Å². The summed E-state index contributed by atoms with van der Waals surface area (Å²) in [6.07, 6.45) is 3.86. The first-order valence-electron chi connectivity index (χ1n) is 3.48. The van der Waals surface area contributed by atoms with Crippen LogP contribution in [0.15, 0.2) is 11.8 Å². The Kier molecular flexibility index (Phi) is 2.71. The Balaban J connectivity index is 2.31. The number of hydrogen-bond acceptors (Lipinski definition) is 3. The molecule has 3 nitrogen and oxygen atoms in total. The van der Waals surface area contributed by atoms with Crippen LogP contribution in [0.25, 0.3) is 0 Å². The Hall–Kier alpha value is -0.540. The maximum Gasteiger partial charge on any atom is 0.0876 e. The van der Waals surface area contributed by atoms with Gasteiger partial charge in [-0.15, -0.1) is 0 Å². The minimum atomic E-state index is 0.597. The second-order valence-electron chi connectivity index (χ2n) is 2.57. The average Bonchev–Trinajstić information content (AvgIpc) is 1.88. The van der Waals surface area contributed by atoms with E-state index >= 15 is 0 Å². The normalized spacial score (nSPS) is 18.5. The van der Waals surface area contributed by atoms with Crippen LogP contribution in [-0.4, -0.2) is 30.5 Å². The predicted molar refractivity (Wildman–Crippen MR) is 37.7 cm³/mol. The van der Waals surface area contributed by atoms with Gasteiger partial charge in [-0.2, -0.15) is 5.06 Å². The molecule has 1 rings (SSSR count). The van der Waals surface area contributed by atoms with E-state index in [9.17, 15) is 0 Å². The highest BCUT2D eigenvalue weighted by Gasteiger charge is 2.04. The van der Waals surface area contributed by atoms with Gasteiger partial charge >= 0.3 is 0 Å². The SMILES string of the molecule is CN(O)CC1=COCCC1. The molecule has 0 aromatic rings. The zero-order valence-corrected chi connectivity index (χ0v) is 6.21. The van der Waals surface area contributed by atoms with Crippen LogP contribution in [0.2, 0.25) is 0 Å². The summed E-state index contributed by atoms with van der Waals surface area (Å²) in [6, 6.07) is 0. The van der Waals surface area contributed by atoms with Crippen molar-refractivity contribution in [2.45, 2.75) is 12.8 Å². The van der Waals surface area contributed by atoms with E-state index in [4.69, 9.17) is 9.94 Å². The Morgan fingerprint density at radius 2 is 2.60 bits per heavy atom. The van der Waals surface area contributed by atoms with Gasteiger partial charge in [-0.1, -0.05) is 0 Å². The molecule has 0 saturated heterocycles. The topological polar surface area (TPSA) is 32.7 Å². The van der Waals surface area contributed by atoms with Crippen molar-refractivity contribution in [3.63, 3.8) is 0 Å². The van der Waals surface area contributed by atoms with E-state index < -0.39 is 0 Å². The van der Waals surface area contributed by atoms with Crippen LogP contribution >= 0.6 is 0 Å². The maximum absolute atomic E-state index is 8.84. The first-order chi connectivity index (χ1) is 4.79. The molecule has 0 aromatic heterocycles. The van der Waals surface area contributed by atoms with Crippen molar-refractivity contribution in [3.05, 3.63) is 11.8 Å². The Bertz CT molecular complexity index is 132. The molecule has 0 radical (unpaired) electrons. The van der Waals surface area contributed by atoms with Crippen molar-refractivity contribution in [1.82, 2.24) is 5.06 Å². The molecule has 10 heavy (non-hydrogen) atoms. The van der Waals surface area contributed by atoms with Crippen molar-refractivity contribution in [2.24, 2.45) is 0 Å². The van der Waals surface area contributed by atoms with Crippen molar-refractivity contribution in [1.29, 1.82) is 0 Å². The zero-order valence-electron chi connectivity index (χ0n) is 6.21. The number of rotatable bonds is 2. The summed E-state index contributed by atoms with van der Waals surface area (Å²) >= 11 is 0. The van der Waals surface area contributed by atoms with E-state index in [0.717, 1.165) is 25.0 Å². The largest absolute Gasteiger partial charge is 0.501 e. The van der Waals surface area contributed by atoms with Crippen molar-refractivity contribution in [3.8, 4) is 0 Å². The molecule has 0 saturated carbocycles. The Morgan fingerprint density at radius 1 is 1.80 bits per heavy atom. The van der Waals surface area contributed by atoms with Gasteiger partial charge in [0.05, 0.1) is 12.9 Å². The highest BCUT2D eigenvalue weighted by molar-refractivity contribution is 5.01. The van der Waals surface area contributed by atoms with Gasteiger partial charge in [0.15, 0.2) is 0 Å². The molecule has 0 aromatic carbocycles. The van der Waals surface area contributed by atoms with E-state index in [1.54, 1.807) is 13.3 Å². The van der Waals surface area contributed by atoms with E-state index in [-0.39, 0.29) is 0 Å². The molecule has 0 bridgehead atoms. The van der Waals surface area contributed by atoms with Crippen LogP contribution in [0.5, 0.6) is 0 Å². The highest BCUT2D eigenvalue weighted by atomic mass is 16.5. The van der Waals surface area contributed by atoms with Crippen LogP contribution in [0.3, 0.4) is 0 Å². The molecule has 0 spiro atoms. The summed E-state index contributed by atoms with van der Waals surface area (Å²) in [7, 11) is 1.63.